The van der Waals surface area contributed by atoms with E-state index in [9.17, 15) is 48.7 Å². The highest BCUT2D eigenvalue weighted by Crippen LogP contribution is 2.72. The summed E-state index contributed by atoms with van der Waals surface area (Å²) in [6.45, 7) is 3.17. The lowest BCUT2D eigenvalue weighted by atomic mass is 9.68. The zero-order valence-corrected chi connectivity index (χ0v) is 19.1. The average molecular weight is 546 g/mol. The van der Waals surface area contributed by atoms with E-state index in [1.54, 1.807) is 20.8 Å². The van der Waals surface area contributed by atoms with Gasteiger partial charge in [-0.3, -0.25) is 4.55 Å². The Kier molecular flexibility index (Phi) is 6.28. The first kappa shape index (κ1) is 27.9. The molecule has 1 heterocycles. The normalized spacial score (nSPS) is 34.9. The number of carbonyl (C=O) groups excluding carboxylic acids is 2. The number of halogens is 7. The number of carbonyl (C=O) groups is 2. The Balaban J connectivity index is 1.85. The third-order valence-corrected chi connectivity index (χ3v) is 8.26. The molecule has 0 aromatic rings. The Morgan fingerprint density at radius 2 is 1.63 bits per heavy atom. The van der Waals surface area contributed by atoms with Gasteiger partial charge >= 0.3 is 39.4 Å². The molecule has 3 fully saturated rings. The van der Waals surface area contributed by atoms with Crippen LogP contribution >= 0.6 is 0 Å². The van der Waals surface area contributed by atoms with Crippen LogP contribution in [0.3, 0.4) is 0 Å². The third-order valence-electron chi connectivity index (χ3n) is 7.45. The molecule has 9 nitrogen and oxygen atoms in total. The number of esters is 2. The molecule has 1 saturated heterocycles. The fourth-order valence-corrected chi connectivity index (χ4v) is 5.40. The highest BCUT2D eigenvalue weighted by molar-refractivity contribution is 7.87. The second-order valence-corrected chi connectivity index (χ2v) is 10.9. The summed E-state index contributed by atoms with van der Waals surface area (Å²) in [5.41, 5.74) is -1.97. The molecule has 0 aromatic heterocycles. The van der Waals surface area contributed by atoms with Crippen molar-refractivity contribution < 1.29 is 72.2 Å². The Morgan fingerprint density at radius 3 is 2.14 bits per heavy atom. The summed E-state index contributed by atoms with van der Waals surface area (Å²) in [6, 6.07) is 0. The van der Waals surface area contributed by atoms with E-state index in [4.69, 9.17) is 18.8 Å². The van der Waals surface area contributed by atoms with E-state index in [1.165, 1.54) is 0 Å². The molecule has 0 amide bonds. The summed E-state index contributed by atoms with van der Waals surface area (Å²) in [5.74, 6) is -14.1. The summed E-state index contributed by atoms with van der Waals surface area (Å²) < 4.78 is 142. The van der Waals surface area contributed by atoms with Crippen LogP contribution in [-0.4, -0.2) is 73.5 Å². The summed E-state index contributed by atoms with van der Waals surface area (Å²) >= 11 is 0. The highest BCUT2D eigenvalue weighted by Gasteiger charge is 2.79. The number of hydrogen-bond donors (Lipinski definition) is 1. The second-order valence-electron chi connectivity index (χ2n) is 9.41. The monoisotopic (exact) mass is 546 g/mol. The van der Waals surface area contributed by atoms with Gasteiger partial charge in [0.05, 0.1) is 6.61 Å². The van der Waals surface area contributed by atoms with Gasteiger partial charge < -0.3 is 18.9 Å². The van der Waals surface area contributed by atoms with Gasteiger partial charge in [0.25, 0.3) is 0 Å². The van der Waals surface area contributed by atoms with Crippen LogP contribution in [0.1, 0.15) is 33.6 Å². The fraction of sp³-hybridized carbons (Fsp3) is 0.889. The maximum Gasteiger partial charge on any atom is 0.465 e. The molecule has 5 unspecified atom stereocenters. The van der Waals surface area contributed by atoms with E-state index in [0.717, 1.165) is 0 Å². The molecule has 2 saturated carbocycles. The molecule has 2 aliphatic carbocycles. The van der Waals surface area contributed by atoms with Crippen molar-refractivity contribution in [2.45, 2.75) is 69.0 Å². The zero-order valence-electron chi connectivity index (χ0n) is 18.3. The lowest BCUT2D eigenvalue weighted by Gasteiger charge is -2.46. The van der Waals surface area contributed by atoms with Crippen LogP contribution in [0.2, 0.25) is 0 Å². The number of fused-ring (bicyclic) bond motifs is 3. The predicted octanol–water partition coefficient (Wildman–Crippen LogP) is 2.69. The summed E-state index contributed by atoms with van der Waals surface area (Å²) in [6.07, 6.45) is -8.76. The van der Waals surface area contributed by atoms with Crippen LogP contribution in [0.5, 0.6) is 0 Å². The van der Waals surface area contributed by atoms with Crippen molar-refractivity contribution in [1.29, 1.82) is 0 Å². The molecule has 1 spiro atoms. The molecular weight excluding hydrogens is 525 g/mol. The molecule has 1 N–H and O–H groups in total. The van der Waals surface area contributed by atoms with Gasteiger partial charge in [0.15, 0.2) is 6.10 Å². The lowest BCUT2D eigenvalue weighted by Crippen LogP contribution is -2.57. The Bertz CT molecular complexity index is 1010. The van der Waals surface area contributed by atoms with Gasteiger partial charge in [-0.1, -0.05) is 20.8 Å². The molecular formula is C18H21F7O9S. The first-order chi connectivity index (χ1) is 15.6. The zero-order chi connectivity index (χ0) is 27.0. The first-order valence-corrected chi connectivity index (χ1v) is 11.5. The van der Waals surface area contributed by atoms with Crippen LogP contribution in [0.15, 0.2) is 0 Å². The number of hydrogen-bond acceptors (Lipinski definition) is 8. The van der Waals surface area contributed by atoms with Crippen LogP contribution in [0.4, 0.5) is 30.7 Å². The van der Waals surface area contributed by atoms with Gasteiger partial charge in [-0.05, 0) is 18.3 Å². The Morgan fingerprint density at radius 1 is 1.06 bits per heavy atom. The molecule has 3 aliphatic rings. The molecule has 0 aromatic carbocycles. The van der Waals surface area contributed by atoms with Crippen molar-refractivity contribution in [2.75, 3.05) is 13.2 Å². The number of alkyl halides is 7. The lowest BCUT2D eigenvalue weighted by molar-refractivity contribution is -0.294. The SMILES string of the molecule is CC1(C)C2CCC1(C)C1(OCC(COC(=O)C(F)(F)C(F)(F)F)O1)C2OC(=O)C(F)(F)S(=O)(=O)O. The minimum Gasteiger partial charge on any atom is -0.458 e. The molecule has 17 heteroatoms. The van der Waals surface area contributed by atoms with Crippen LogP contribution in [0.25, 0.3) is 0 Å². The maximum atomic E-state index is 13.9. The minimum absolute atomic E-state index is 0.283. The van der Waals surface area contributed by atoms with Crippen LogP contribution in [0, 0.1) is 16.7 Å². The van der Waals surface area contributed by atoms with E-state index >= 15 is 0 Å². The molecule has 3 rings (SSSR count). The summed E-state index contributed by atoms with van der Waals surface area (Å²) in [7, 11) is -6.20. The molecule has 1 aliphatic heterocycles. The van der Waals surface area contributed by atoms with Crippen molar-refractivity contribution >= 4 is 22.1 Å². The summed E-state index contributed by atoms with van der Waals surface area (Å²) in [4.78, 5) is 23.3. The van der Waals surface area contributed by atoms with Gasteiger partial charge in [0, 0.05) is 11.3 Å². The van der Waals surface area contributed by atoms with Crippen molar-refractivity contribution in [2.24, 2.45) is 16.7 Å². The Labute approximate surface area is 193 Å². The van der Waals surface area contributed by atoms with Gasteiger partial charge in [-0.2, -0.15) is 39.2 Å². The predicted molar refractivity (Wildman–Crippen MR) is 96.5 cm³/mol. The summed E-state index contributed by atoms with van der Waals surface area (Å²) in [5, 5.41) is -5.34. The Hall–Kier alpha value is -1.72. The first-order valence-electron chi connectivity index (χ1n) is 10.1. The molecule has 5 atom stereocenters. The third kappa shape index (κ3) is 3.80. The largest absolute Gasteiger partial charge is 0.465 e. The highest BCUT2D eigenvalue weighted by atomic mass is 32.2. The van der Waals surface area contributed by atoms with Crippen molar-refractivity contribution in [1.82, 2.24) is 0 Å². The maximum absolute atomic E-state index is 13.9. The van der Waals surface area contributed by atoms with Crippen LogP contribution in [-0.2, 0) is 38.7 Å². The standard InChI is InChI=1S/C18H21F7O9S/c1-13(2)9-4-5-14(13,3)16(10(9)33-12(27)17(21,22)35(28,29)30)32-7-8(34-16)6-31-11(26)15(19,20)18(23,24)25/h8-10H,4-7H2,1-3H3,(H,28,29,30). The van der Waals surface area contributed by atoms with E-state index in [2.05, 4.69) is 4.74 Å². The van der Waals surface area contributed by atoms with Gasteiger partial charge in [-0.25, -0.2) is 9.59 Å². The van der Waals surface area contributed by atoms with Crippen molar-refractivity contribution in [3.8, 4) is 0 Å². The quantitative estimate of drug-likeness (QED) is 0.304. The van der Waals surface area contributed by atoms with E-state index < -0.39 is 87.4 Å². The van der Waals surface area contributed by atoms with Gasteiger partial charge in [-0.15, -0.1) is 0 Å². The second kappa shape index (κ2) is 7.89. The van der Waals surface area contributed by atoms with E-state index in [-0.39, 0.29) is 6.42 Å². The van der Waals surface area contributed by atoms with Gasteiger partial charge in [0.2, 0.25) is 5.79 Å². The van der Waals surface area contributed by atoms with Gasteiger partial charge in [0.1, 0.15) is 12.7 Å². The average Bonchev–Trinajstić information content (AvgIpc) is 3.26. The topological polar surface area (TPSA) is 125 Å². The smallest absolute Gasteiger partial charge is 0.458 e. The van der Waals surface area contributed by atoms with E-state index in [1.807, 2.05) is 0 Å². The van der Waals surface area contributed by atoms with Crippen LogP contribution < -0.4 is 0 Å². The molecule has 0 radical (unpaired) electrons. The fourth-order valence-electron chi connectivity index (χ4n) is 5.15. The number of ether oxygens (including phenoxy) is 4. The van der Waals surface area contributed by atoms with Crippen molar-refractivity contribution in [3.05, 3.63) is 0 Å². The van der Waals surface area contributed by atoms with Crippen molar-refractivity contribution in [3.63, 3.8) is 0 Å². The number of rotatable bonds is 6. The molecule has 35 heavy (non-hydrogen) atoms. The molecule has 2 bridgehead atoms. The minimum atomic E-state index is -6.21. The van der Waals surface area contributed by atoms with E-state index in [0.29, 0.717) is 6.42 Å². The molecule has 202 valence electrons.